The van der Waals surface area contributed by atoms with Crippen LogP contribution in [0.4, 0.5) is 11.4 Å². The lowest BCUT2D eigenvalue weighted by atomic mass is 10.1. The number of fused-ring (bicyclic) bond motifs is 1. The molecule has 0 radical (unpaired) electrons. The fourth-order valence-corrected chi connectivity index (χ4v) is 5.48. The molecule has 1 N–H and O–H groups in total. The molecule has 2 amide bonds. The number of rotatable bonds is 6. The molecule has 4 rings (SSSR count). The van der Waals surface area contributed by atoms with Crippen LogP contribution in [0.3, 0.4) is 0 Å². The van der Waals surface area contributed by atoms with Crippen LogP contribution < -0.4 is 15.0 Å². The van der Waals surface area contributed by atoms with E-state index in [-0.39, 0.29) is 23.3 Å². The van der Waals surface area contributed by atoms with Crippen molar-refractivity contribution >= 4 is 33.2 Å². The number of benzene rings is 2. The van der Waals surface area contributed by atoms with Gasteiger partial charge in [0.1, 0.15) is 5.75 Å². The van der Waals surface area contributed by atoms with Crippen LogP contribution in [0.1, 0.15) is 36.5 Å². The number of carbonyl (C=O) groups is 2. The van der Waals surface area contributed by atoms with Crippen LogP contribution in [0.15, 0.2) is 59.5 Å². The van der Waals surface area contributed by atoms with Crippen molar-refractivity contribution in [3.63, 3.8) is 0 Å². The minimum atomic E-state index is -3.55. The van der Waals surface area contributed by atoms with Crippen molar-refractivity contribution in [2.75, 3.05) is 36.5 Å². The van der Waals surface area contributed by atoms with E-state index in [0.29, 0.717) is 42.3 Å². The third-order valence-electron chi connectivity index (χ3n) is 5.66. The highest BCUT2D eigenvalue weighted by Gasteiger charge is 2.27. The molecule has 0 aliphatic carbocycles. The summed E-state index contributed by atoms with van der Waals surface area (Å²) in [6, 6.07) is 11.0. The second-order valence-corrected chi connectivity index (χ2v) is 10.3. The van der Waals surface area contributed by atoms with Gasteiger partial charge in [-0.15, -0.1) is 0 Å². The molecule has 0 aromatic heterocycles. The third-order valence-corrected chi connectivity index (χ3v) is 7.57. The fourth-order valence-electron chi connectivity index (χ4n) is 3.96. The zero-order valence-corrected chi connectivity index (χ0v) is 19.4. The second-order valence-electron chi connectivity index (χ2n) is 8.35. The molecular formula is C24H27N3O5S. The maximum atomic E-state index is 12.8. The molecule has 33 heavy (non-hydrogen) atoms. The lowest BCUT2D eigenvalue weighted by Crippen LogP contribution is -2.39. The topological polar surface area (TPSA) is 96.0 Å². The largest absolute Gasteiger partial charge is 0.481 e. The van der Waals surface area contributed by atoms with E-state index in [1.807, 2.05) is 6.92 Å². The molecule has 174 valence electrons. The van der Waals surface area contributed by atoms with Crippen LogP contribution in [-0.2, 0) is 14.8 Å². The monoisotopic (exact) mass is 469 g/mol. The number of hydrogen-bond donors (Lipinski definition) is 1. The van der Waals surface area contributed by atoms with Gasteiger partial charge in [-0.05, 0) is 56.2 Å². The summed E-state index contributed by atoms with van der Waals surface area (Å²) in [7, 11) is -3.55. The molecule has 2 heterocycles. The summed E-state index contributed by atoms with van der Waals surface area (Å²) in [4.78, 5) is 26.7. The number of anilines is 2. The van der Waals surface area contributed by atoms with E-state index in [2.05, 4.69) is 11.9 Å². The molecule has 2 aromatic rings. The standard InChI is InChI=1S/C24H27N3O5S/c1-17(2)15-27-21-11-8-19(14-22(21)32-16-23(27)28)25-24(29)18-6-9-20(10-7-18)33(30,31)26-12-4-3-5-13-26/h6-11,14H,1,3-5,12-13,15-16H2,2H3,(H,25,29). The molecule has 0 spiro atoms. The molecule has 2 aromatic carbocycles. The van der Waals surface area contributed by atoms with Crippen molar-refractivity contribution in [3.05, 3.63) is 60.2 Å². The number of amides is 2. The van der Waals surface area contributed by atoms with E-state index in [4.69, 9.17) is 4.74 Å². The van der Waals surface area contributed by atoms with Crippen LogP contribution >= 0.6 is 0 Å². The van der Waals surface area contributed by atoms with E-state index in [0.717, 1.165) is 24.8 Å². The van der Waals surface area contributed by atoms with Gasteiger partial charge in [-0.1, -0.05) is 18.6 Å². The van der Waals surface area contributed by atoms with E-state index >= 15 is 0 Å². The summed E-state index contributed by atoms with van der Waals surface area (Å²) >= 11 is 0. The average molecular weight is 470 g/mol. The summed E-state index contributed by atoms with van der Waals surface area (Å²) in [5.74, 6) is -0.0268. The molecule has 9 heteroatoms. The first kappa shape index (κ1) is 23.0. The van der Waals surface area contributed by atoms with Crippen molar-refractivity contribution in [3.8, 4) is 5.75 Å². The highest BCUT2D eigenvalue weighted by molar-refractivity contribution is 7.89. The van der Waals surface area contributed by atoms with Crippen molar-refractivity contribution < 1.29 is 22.7 Å². The zero-order valence-electron chi connectivity index (χ0n) is 18.5. The maximum absolute atomic E-state index is 12.8. The second kappa shape index (κ2) is 9.36. The number of nitrogens with one attached hydrogen (secondary N) is 1. The summed E-state index contributed by atoms with van der Waals surface area (Å²) < 4.78 is 32.6. The molecule has 0 atom stereocenters. The van der Waals surface area contributed by atoms with E-state index < -0.39 is 10.0 Å². The molecule has 1 fully saturated rings. The highest BCUT2D eigenvalue weighted by Crippen LogP contribution is 2.35. The van der Waals surface area contributed by atoms with Crippen LogP contribution in [0, 0.1) is 0 Å². The van der Waals surface area contributed by atoms with Gasteiger partial charge in [0.2, 0.25) is 10.0 Å². The van der Waals surface area contributed by atoms with Gasteiger partial charge in [-0.25, -0.2) is 8.42 Å². The first-order valence-electron chi connectivity index (χ1n) is 10.9. The van der Waals surface area contributed by atoms with Crippen molar-refractivity contribution in [2.24, 2.45) is 0 Å². The predicted octanol–water partition coefficient (Wildman–Crippen LogP) is 3.42. The highest BCUT2D eigenvalue weighted by atomic mass is 32.2. The summed E-state index contributed by atoms with van der Waals surface area (Å²) in [6.07, 6.45) is 2.77. The molecule has 2 aliphatic rings. The van der Waals surface area contributed by atoms with Crippen LogP contribution in [-0.4, -0.2) is 50.8 Å². The number of carbonyl (C=O) groups excluding carboxylic acids is 2. The van der Waals surface area contributed by atoms with Gasteiger partial charge < -0.3 is 15.0 Å². The van der Waals surface area contributed by atoms with Crippen molar-refractivity contribution in [1.29, 1.82) is 0 Å². The zero-order chi connectivity index (χ0) is 23.6. The maximum Gasteiger partial charge on any atom is 0.265 e. The van der Waals surface area contributed by atoms with E-state index in [1.54, 1.807) is 23.1 Å². The van der Waals surface area contributed by atoms with E-state index in [1.165, 1.54) is 28.6 Å². The van der Waals surface area contributed by atoms with Gasteiger partial charge in [0.25, 0.3) is 11.8 Å². The summed E-state index contributed by atoms with van der Waals surface area (Å²) in [5.41, 5.74) is 2.32. The number of ether oxygens (including phenoxy) is 1. The Morgan fingerprint density at radius 2 is 1.79 bits per heavy atom. The first-order chi connectivity index (χ1) is 15.8. The predicted molar refractivity (Wildman–Crippen MR) is 126 cm³/mol. The summed E-state index contributed by atoms with van der Waals surface area (Å²) in [5, 5.41) is 2.80. The molecule has 1 saturated heterocycles. The Bertz CT molecular complexity index is 1190. The van der Waals surface area contributed by atoms with Crippen LogP contribution in [0.5, 0.6) is 5.75 Å². The number of piperidine rings is 1. The minimum Gasteiger partial charge on any atom is -0.481 e. The Kier molecular flexibility index (Phi) is 6.53. The number of hydrogen-bond acceptors (Lipinski definition) is 5. The van der Waals surface area contributed by atoms with Gasteiger partial charge in [0.05, 0.1) is 10.6 Å². The lowest BCUT2D eigenvalue weighted by molar-refractivity contribution is -0.121. The van der Waals surface area contributed by atoms with Crippen molar-refractivity contribution in [1.82, 2.24) is 4.31 Å². The molecular weight excluding hydrogens is 442 g/mol. The first-order valence-corrected chi connectivity index (χ1v) is 12.3. The average Bonchev–Trinajstić information content (AvgIpc) is 2.81. The third kappa shape index (κ3) is 4.94. The normalized spacial score (nSPS) is 16.6. The Balaban J connectivity index is 1.47. The van der Waals surface area contributed by atoms with Gasteiger partial charge in [-0.2, -0.15) is 4.31 Å². The Hall–Kier alpha value is -3.17. The summed E-state index contributed by atoms with van der Waals surface area (Å²) in [6.45, 7) is 7.08. The number of nitrogens with zero attached hydrogens (tertiary/aromatic N) is 2. The van der Waals surface area contributed by atoms with Crippen LogP contribution in [0.2, 0.25) is 0 Å². The van der Waals surface area contributed by atoms with Gasteiger partial charge in [-0.3, -0.25) is 9.59 Å². The molecule has 0 bridgehead atoms. The fraction of sp³-hybridized carbons (Fsp3) is 0.333. The molecule has 0 saturated carbocycles. The van der Waals surface area contributed by atoms with E-state index in [9.17, 15) is 18.0 Å². The van der Waals surface area contributed by atoms with Gasteiger partial charge in [0, 0.05) is 37.0 Å². The molecule has 8 nitrogen and oxygen atoms in total. The smallest absolute Gasteiger partial charge is 0.265 e. The molecule has 0 unspecified atom stereocenters. The van der Waals surface area contributed by atoms with Crippen LogP contribution in [0.25, 0.3) is 0 Å². The number of sulfonamides is 1. The molecule has 2 aliphatic heterocycles. The Labute approximate surface area is 193 Å². The Morgan fingerprint density at radius 1 is 1.09 bits per heavy atom. The quantitative estimate of drug-likeness (QED) is 0.654. The SMILES string of the molecule is C=C(C)CN1C(=O)COc2cc(NC(=O)c3ccc(S(=O)(=O)N4CCCCC4)cc3)ccc21. The van der Waals surface area contributed by atoms with Crippen molar-refractivity contribution in [2.45, 2.75) is 31.1 Å². The lowest BCUT2D eigenvalue weighted by Gasteiger charge is -2.29. The minimum absolute atomic E-state index is 0.0787. The van der Waals surface area contributed by atoms with Gasteiger partial charge in [0.15, 0.2) is 6.61 Å². The Morgan fingerprint density at radius 3 is 2.45 bits per heavy atom. The van der Waals surface area contributed by atoms with Gasteiger partial charge >= 0.3 is 0 Å².